The van der Waals surface area contributed by atoms with E-state index in [1.807, 2.05) is 0 Å². The zero-order valence-electron chi connectivity index (χ0n) is 17.3. The Hall–Kier alpha value is -3.54. The van der Waals surface area contributed by atoms with E-state index >= 15 is 0 Å². The Bertz CT molecular complexity index is 1480. The first-order valence-electron chi connectivity index (χ1n) is 9.62. The summed E-state index contributed by atoms with van der Waals surface area (Å²) in [5.41, 5.74) is 2.63. The van der Waals surface area contributed by atoms with Crippen LogP contribution >= 0.6 is 0 Å². The van der Waals surface area contributed by atoms with Gasteiger partial charge < -0.3 is 9.29 Å². The fourth-order valence-electron chi connectivity index (χ4n) is 3.43. The lowest BCUT2D eigenvalue weighted by Crippen LogP contribution is -2.15. The molecule has 0 saturated heterocycles. The molecular formula is C22H18N3O6S2-. The van der Waals surface area contributed by atoms with Gasteiger partial charge in [-0.3, -0.25) is 14.0 Å². The SMILES string of the molecule is COC(=O)c1cccc(-c2n[nH]c3ccc(NS(=O)(=O)c4ccccc4CS(=O)[O-])cc23)c1. The average molecular weight is 485 g/mol. The van der Waals surface area contributed by atoms with Crippen molar-refractivity contribution < 1.29 is 26.7 Å². The zero-order chi connectivity index (χ0) is 23.6. The standard InChI is InChI=1S/C22H19N3O6S2/c1-31-22(26)15-7-4-6-14(11-15)21-18-12-17(9-10-19(18)23-24-21)25-33(29,30)20-8-3-2-5-16(20)13-32(27)28/h2-12,25H,13H2,1H3,(H,23,24)(H,27,28)/p-1. The van der Waals surface area contributed by atoms with Crippen molar-refractivity contribution in [3.8, 4) is 11.3 Å². The summed E-state index contributed by atoms with van der Waals surface area (Å²) < 4.78 is 55.5. The quantitative estimate of drug-likeness (QED) is 0.303. The molecule has 0 saturated carbocycles. The van der Waals surface area contributed by atoms with Crippen LogP contribution in [0.5, 0.6) is 0 Å². The minimum absolute atomic E-state index is 0.118. The zero-order valence-corrected chi connectivity index (χ0v) is 18.9. The van der Waals surface area contributed by atoms with Crippen molar-refractivity contribution >= 4 is 43.7 Å². The van der Waals surface area contributed by atoms with Crippen LogP contribution < -0.4 is 4.72 Å². The van der Waals surface area contributed by atoms with Crippen LogP contribution in [0.2, 0.25) is 0 Å². The van der Waals surface area contributed by atoms with Gasteiger partial charge in [0.1, 0.15) is 0 Å². The Morgan fingerprint density at radius 2 is 1.91 bits per heavy atom. The van der Waals surface area contributed by atoms with Crippen LogP contribution in [0.1, 0.15) is 15.9 Å². The van der Waals surface area contributed by atoms with Crippen LogP contribution in [-0.4, -0.2) is 40.5 Å². The molecule has 0 fully saturated rings. The third kappa shape index (κ3) is 4.80. The number of nitrogens with one attached hydrogen (secondary N) is 2. The topological polar surface area (TPSA) is 141 Å². The van der Waals surface area contributed by atoms with Gasteiger partial charge in [-0.1, -0.05) is 41.4 Å². The molecule has 33 heavy (non-hydrogen) atoms. The third-order valence-electron chi connectivity index (χ3n) is 4.91. The molecule has 9 nitrogen and oxygen atoms in total. The van der Waals surface area contributed by atoms with Crippen molar-refractivity contribution in [1.29, 1.82) is 0 Å². The summed E-state index contributed by atoms with van der Waals surface area (Å²) >= 11 is -2.44. The van der Waals surface area contributed by atoms with Crippen LogP contribution in [0.4, 0.5) is 5.69 Å². The maximum atomic E-state index is 13.0. The average Bonchev–Trinajstić information content (AvgIpc) is 3.21. The highest BCUT2D eigenvalue weighted by Gasteiger charge is 2.19. The molecule has 0 aliphatic rings. The summed E-state index contributed by atoms with van der Waals surface area (Å²) in [4.78, 5) is 11.8. The molecule has 4 rings (SSSR count). The number of H-pyrrole nitrogens is 1. The van der Waals surface area contributed by atoms with E-state index in [1.165, 1.54) is 25.3 Å². The van der Waals surface area contributed by atoms with Crippen LogP contribution in [0.3, 0.4) is 0 Å². The Kier molecular flexibility index (Phi) is 6.27. The Morgan fingerprint density at radius 1 is 1.12 bits per heavy atom. The minimum atomic E-state index is -4.06. The van der Waals surface area contributed by atoms with Crippen molar-refractivity contribution in [3.05, 3.63) is 77.9 Å². The highest BCUT2D eigenvalue weighted by Crippen LogP contribution is 2.30. The third-order valence-corrected chi connectivity index (χ3v) is 6.94. The number of nitrogens with zero attached hydrogens (tertiary/aromatic N) is 1. The van der Waals surface area contributed by atoms with E-state index in [2.05, 4.69) is 14.9 Å². The van der Waals surface area contributed by atoms with E-state index in [0.29, 0.717) is 27.7 Å². The summed E-state index contributed by atoms with van der Waals surface area (Å²) in [6.07, 6.45) is 0. The van der Waals surface area contributed by atoms with E-state index in [1.54, 1.807) is 48.5 Å². The van der Waals surface area contributed by atoms with Crippen LogP contribution in [0.25, 0.3) is 22.2 Å². The number of anilines is 1. The van der Waals surface area contributed by atoms with Gasteiger partial charge in [-0.25, -0.2) is 13.2 Å². The number of methoxy groups -OCH3 is 1. The largest absolute Gasteiger partial charge is 0.772 e. The number of carbonyl (C=O) groups is 1. The number of aromatic amines is 1. The van der Waals surface area contributed by atoms with Gasteiger partial charge in [0.15, 0.2) is 0 Å². The summed E-state index contributed by atoms with van der Waals surface area (Å²) in [7, 11) is -2.76. The predicted molar refractivity (Wildman–Crippen MR) is 123 cm³/mol. The van der Waals surface area contributed by atoms with E-state index in [4.69, 9.17) is 4.74 Å². The van der Waals surface area contributed by atoms with E-state index < -0.39 is 32.8 Å². The number of sulfonamides is 1. The molecule has 0 bridgehead atoms. The van der Waals surface area contributed by atoms with Gasteiger partial charge in [-0.05, 0) is 42.0 Å². The summed E-state index contributed by atoms with van der Waals surface area (Å²) in [5, 5.41) is 7.83. The van der Waals surface area contributed by atoms with Crippen LogP contribution in [0, 0.1) is 0 Å². The Labute approximate surface area is 192 Å². The number of fused-ring (bicyclic) bond motifs is 1. The summed E-state index contributed by atoms with van der Waals surface area (Å²) in [5.74, 6) is -0.902. The number of hydrogen-bond acceptors (Lipinski definition) is 7. The second-order valence-corrected chi connectivity index (χ2v) is 9.61. The Balaban J connectivity index is 1.72. The first-order chi connectivity index (χ1) is 15.8. The maximum Gasteiger partial charge on any atom is 0.337 e. The lowest BCUT2D eigenvalue weighted by atomic mass is 10.0. The predicted octanol–water partition coefficient (Wildman–Crippen LogP) is 3.20. The first kappa shape index (κ1) is 22.6. The summed E-state index contributed by atoms with van der Waals surface area (Å²) in [6, 6.07) is 17.5. The van der Waals surface area contributed by atoms with Crippen LogP contribution in [0.15, 0.2) is 71.6 Å². The molecule has 11 heteroatoms. The molecule has 3 aromatic carbocycles. The van der Waals surface area contributed by atoms with E-state index in [9.17, 15) is 22.0 Å². The van der Waals surface area contributed by atoms with Gasteiger partial charge in [-0.15, -0.1) is 0 Å². The molecule has 0 amide bonds. The Morgan fingerprint density at radius 3 is 2.67 bits per heavy atom. The van der Waals surface area contributed by atoms with Gasteiger partial charge in [-0.2, -0.15) is 5.10 Å². The molecule has 1 heterocycles. The molecule has 4 aromatic rings. The monoisotopic (exact) mass is 484 g/mol. The molecule has 170 valence electrons. The van der Waals surface area contributed by atoms with Crippen molar-refractivity contribution in [2.75, 3.05) is 11.8 Å². The lowest BCUT2D eigenvalue weighted by molar-refractivity contribution is 0.0600. The molecule has 0 aliphatic heterocycles. The molecule has 0 aliphatic carbocycles. The highest BCUT2D eigenvalue weighted by molar-refractivity contribution is 7.92. The van der Waals surface area contributed by atoms with E-state index in [0.717, 1.165) is 0 Å². The summed E-state index contributed by atoms with van der Waals surface area (Å²) in [6.45, 7) is 0. The molecule has 1 aromatic heterocycles. The molecule has 2 N–H and O–H groups in total. The maximum absolute atomic E-state index is 13.0. The van der Waals surface area contributed by atoms with Gasteiger partial charge in [0.25, 0.3) is 10.0 Å². The number of benzene rings is 3. The number of ether oxygens (including phenoxy) is 1. The highest BCUT2D eigenvalue weighted by atomic mass is 32.2. The number of esters is 1. The lowest BCUT2D eigenvalue weighted by Gasteiger charge is -2.13. The smallest absolute Gasteiger partial charge is 0.337 e. The molecule has 0 spiro atoms. The van der Waals surface area contributed by atoms with Crippen molar-refractivity contribution in [2.24, 2.45) is 0 Å². The van der Waals surface area contributed by atoms with Crippen molar-refractivity contribution in [2.45, 2.75) is 10.6 Å². The van der Waals surface area contributed by atoms with Gasteiger partial charge in [0.05, 0.1) is 28.8 Å². The number of aromatic nitrogens is 2. The van der Waals surface area contributed by atoms with Crippen molar-refractivity contribution in [1.82, 2.24) is 10.2 Å². The minimum Gasteiger partial charge on any atom is -0.772 e. The van der Waals surface area contributed by atoms with Crippen molar-refractivity contribution in [3.63, 3.8) is 0 Å². The second kappa shape index (κ2) is 9.14. The molecule has 0 radical (unpaired) electrons. The molecular weight excluding hydrogens is 466 g/mol. The number of carbonyl (C=O) groups excluding carboxylic acids is 1. The second-order valence-electron chi connectivity index (χ2n) is 7.07. The number of rotatable bonds is 7. The molecule has 1 unspecified atom stereocenters. The van der Waals surface area contributed by atoms with Gasteiger partial charge in [0.2, 0.25) is 0 Å². The first-order valence-corrected chi connectivity index (χ1v) is 12.3. The number of hydrogen-bond donors (Lipinski definition) is 2. The fourth-order valence-corrected chi connectivity index (χ4v) is 5.32. The molecule has 1 atom stereocenters. The fraction of sp³-hybridized carbons (Fsp3) is 0.0909. The normalized spacial score (nSPS) is 12.4. The van der Waals surface area contributed by atoms with Crippen LogP contribution in [-0.2, 0) is 31.6 Å². The van der Waals surface area contributed by atoms with E-state index in [-0.39, 0.29) is 16.1 Å². The van der Waals surface area contributed by atoms with Gasteiger partial charge in [0, 0.05) is 22.4 Å². The van der Waals surface area contributed by atoms with Gasteiger partial charge >= 0.3 is 5.97 Å².